The quantitative estimate of drug-likeness (QED) is 0.355. The number of aromatic nitrogens is 4. The van der Waals surface area contributed by atoms with Crippen LogP contribution < -0.4 is 0 Å². The fourth-order valence-corrected chi connectivity index (χ4v) is 4.51. The van der Waals surface area contributed by atoms with Crippen LogP contribution in [0.4, 0.5) is 0 Å². The van der Waals surface area contributed by atoms with Crippen LogP contribution in [0.2, 0.25) is 9.36 Å². The van der Waals surface area contributed by atoms with Crippen LogP contribution in [0.1, 0.15) is 35.0 Å². The molecule has 3 heterocycles. The number of hydrogen-bond acceptors (Lipinski definition) is 4. The molecule has 0 aliphatic heterocycles. The molecule has 0 aliphatic rings. The molecule has 3 aromatic heterocycles. The van der Waals surface area contributed by atoms with E-state index in [-0.39, 0.29) is 0 Å². The first-order valence-electron chi connectivity index (χ1n) is 9.39. The van der Waals surface area contributed by atoms with Crippen molar-refractivity contribution in [2.24, 2.45) is 0 Å². The number of rotatable bonds is 6. The zero-order valence-corrected chi connectivity index (χ0v) is 18.5. The van der Waals surface area contributed by atoms with Gasteiger partial charge in [0.25, 0.3) is 0 Å². The first-order chi connectivity index (χ1) is 14.0. The summed E-state index contributed by atoms with van der Waals surface area (Å²) in [6, 6.07) is 12.4. The van der Waals surface area contributed by atoms with E-state index in [9.17, 15) is 0 Å². The topological polar surface area (TPSA) is 43.6 Å². The number of thiophene rings is 1. The molecule has 1 aromatic carbocycles. The minimum absolute atomic E-state index is 0.649. The van der Waals surface area contributed by atoms with Gasteiger partial charge in [-0.15, -0.1) is 11.3 Å². The molecular formula is C22H20Cl2N4S. The van der Waals surface area contributed by atoms with Gasteiger partial charge in [-0.05, 0) is 42.2 Å². The average Bonchev–Trinajstić information content (AvgIpc) is 3.31. The van der Waals surface area contributed by atoms with Crippen molar-refractivity contribution in [3.63, 3.8) is 0 Å². The number of benzene rings is 1. The van der Waals surface area contributed by atoms with E-state index in [1.165, 1.54) is 28.0 Å². The predicted octanol–water partition coefficient (Wildman–Crippen LogP) is 6.22. The highest BCUT2D eigenvalue weighted by molar-refractivity contribution is 7.19. The van der Waals surface area contributed by atoms with E-state index in [2.05, 4.69) is 43.2 Å². The molecule has 0 radical (unpaired) electrons. The van der Waals surface area contributed by atoms with Crippen molar-refractivity contribution in [3.8, 4) is 10.7 Å². The molecule has 0 amide bonds. The van der Waals surface area contributed by atoms with Crippen LogP contribution in [0.15, 0.2) is 48.8 Å². The lowest BCUT2D eigenvalue weighted by Gasteiger charge is -2.12. The van der Waals surface area contributed by atoms with Crippen molar-refractivity contribution in [1.82, 2.24) is 19.7 Å². The van der Waals surface area contributed by atoms with E-state index in [0.29, 0.717) is 11.6 Å². The Morgan fingerprint density at radius 2 is 1.76 bits per heavy atom. The molecule has 0 aliphatic carbocycles. The lowest BCUT2D eigenvalue weighted by Crippen LogP contribution is -2.06. The van der Waals surface area contributed by atoms with Crippen LogP contribution in [-0.2, 0) is 19.4 Å². The molecule has 4 nitrogen and oxygen atoms in total. The maximum absolute atomic E-state index is 6.10. The summed E-state index contributed by atoms with van der Waals surface area (Å²) in [6.07, 6.45) is 5.15. The molecule has 0 saturated carbocycles. The first kappa shape index (κ1) is 20.1. The lowest BCUT2D eigenvalue weighted by atomic mass is 10.0. The second-order valence-electron chi connectivity index (χ2n) is 6.86. The monoisotopic (exact) mass is 442 g/mol. The van der Waals surface area contributed by atoms with Crippen LogP contribution in [0.5, 0.6) is 0 Å². The van der Waals surface area contributed by atoms with Crippen LogP contribution >= 0.6 is 34.5 Å². The van der Waals surface area contributed by atoms with Crippen molar-refractivity contribution in [1.29, 1.82) is 0 Å². The maximum atomic E-state index is 6.10. The minimum atomic E-state index is 0.649. The number of nitrogens with zero attached hydrogens (tertiary/aromatic N) is 4. The van der Waals surface area contributed by atoms with Crippen LogP contribution in [0.3, 0.4) is 0 Å². The molecule has 0 N–H and O–H groups in total. The third-order valence-corrected chi connectivity index (χ3v) is 6.21. The van der Waals surface area contributed by atoms with Crippen molar-refractivity contribution >= 4 is 34.5 Å². The van der Waals surface area contributed by atoms with Crippen molar-refractivity contribution in [3.05, 3.63) is 86.2 Å². The summed E-state index contributed by atoms with van der Waals surface area (Å²) >= 11 is 13.5. The van der Waals surface area contributed by atoms with E-state index >= 15 is 0 Å². The molecule has 0 saturated heterocycles. The smallest absolute Gasteiger partial charge is 0.169 e. The Labute approximate surface area is 184 Å². The number of aryl methyl sites for hydroxylation is 1. The normalized spacial score (nSPS) is 11.2. The third kappa shape index (κ3) is 4.69. The van der Waals surface area contributed by atoms with Crippen molar-refractivity contribution < 1.29 is 0 Å². The SMILES string of the molecule is CCc1c(C)nc(-c2ccc(Cl)s2)nc1Cc1ccc(Cn2cc(Cl)cn2)cc1. The molecular weight excluding hydrogens is 423 g/mol. The number of hydrogen-bond donors (Lipinski definition) is 0. The molecule has 148 valence electrons. The second kappa shape index (κ2) is 8.66. The van der Waals surface area contributed by atoms with Crippen molar-refractivity contribution in [2.75, 3.05) is 0 Å². The molecule has 4 aromatic rings. The summed E-state index contributed by atoms with van der Waals surface area (Å²) in [6.45, 7) is 4.90. The highest BCUT2D eigenvalue weighted by Gasteiger charge is 2.14. The molecule has 0 atom stereocenters. The highest BCUT2D eigenvalue weighted by Crippen LogP contribution is 2.30. The summed E-state index contributed by atoms with van der Waals surface area (Å²) in [5.41, 5.74) is 5.72. The molecule has 0 unspecified atom stereocenters. The van der Waals surface area contributed by atoms with Crippen LogP contribution in [0, 0.1) is 6.92 Å². The summed E-state index contributed by atoms with van der Waals surface area (Å²) in [4.78, 5) is 10.6. The van der Waals surface area contributed by atoms with Gasteiger partial charge in [0.1, 0.15) is 0 Å². The Morgan fingerprint density at radius 1 is 1.00 bits per heavy atom. The molecule has 0 spiro atoms. The number of halogens is 2. The van der Waals surface area contributed by atoms with E-state index in [1.807, 2.05) is 23.0 Å². The lowest BCUT2D eigenvalue weighted by molar-refractivity contribution is 0.686. The average molecular weight is 443 g/mol. The van der Waals surface area contributed by atoms with Gasteiger partial charge in [-0.3, -0.25) is 4.68 Å². The minimum Gasteiger partial charge on any atom is -0.267 e. The Kier molecular flexibility index (Phi) is 5.99. The van der Waals surface area contributed by atoms with Gasteiger partial charge in [0, 0.05) is 18.3 Å². The fraction of sp³-hybridized carbons (Fsp3) is 0.227. The molecule has 0 bridgehead atoms. The van der Waals surface area contributed by atoms with Gasteiger partial charge in [0.15, 0.2) is 5.82 Å². The Balaban J connectivity index is 1.58. The first-order valence-corrected chi connectivity index (χ1v) is 11.0. The summed E-state index contributed by atoms with van der Waals surface area (Å²) in [5, 5.41) is 4.88. The summed E-state index contributed by atoms with van der Waals surface area (Å²) < 4.78 is 2.58. The van der Waals surface area contributed by atoms with Gasteiger partial charge < -0.3 is 0 Å². The van der Waals surface area contributed by atoms with Crippen LogP contribution in [0.25, 0.3) is 10.7 Å². The summed E-state index contributed by atoms with van der Waals surface area (Å²) in [7, 11) is 0. The van der Waals surface area contributed by atoms with Gasteiger partial charge >= 0.3 is 0 Å². The largest absolute Gasteiger partial charge is 0.267 e. The van der Waals surface area contributed by atoms with E-state index in [0.717, 1.165) is 39.3 Å². The van der Waals surface area contributed by atoms with E-state index in [1.54, 1.807) is 6.20 Å². The molecule has 7 heteroatoms. The molecule has 4 rings (SSSR count). The highest BCUT2D eigenvalue weighted by atomic mass is 35.5. The van der Waals surface area contributed by atoms with Gasteiger partial charge in [-0.25, -0.2) is 9.97 Å². The van der Waals surface area contributed by atoms with E-state index < -0.39 is 0 Å². The van der Waals surface area contributed by atoms with Gasteiger partial charge in [0.05, 0.1) is 32.7 Å². The molecule has 0 fully saturated rings. The standard InChI is InChI=1S/C22H20Cl2N4S/c1-3-18-14(2)26-22(20-8-9-21(24)29-20)27-19(18)10-15-4-6-16(7-5-15)12-28-13-17(23)11-25-28/h4-9,11,13H,3,10,12H2,1-2H3. The summed E-state index contributed by atoms with van der Waals surface area (Å²) in [5.74, 6) is 0.749. The Morgan fingerprint density at radius 3 is 2.38 bits per heavy atom. The molecule has 29 heavy (non-hydrogen) atoms. The van der Waals surface area contributed by atoms with Crippen LogP contribution in [-0.4, -0.2) is 19.7 Å². The van der Waals surface area contributed by atoms with E-state index in [4.69, 9.17) is 33.2 Å². The predicted molar refractivity (Wildman–Crippen MR) is 120 cm³/mol. The van der Waals surface area contributed by atoms with Gasteiger partial charge in [-0.1, -0.05) is 54.4 Å². The van der Waals surface area contributed by atoms with Gasteiger partial charge in [-0.2, -0.15) is 5.10 Å². The third-order valence-electron chi connectivity index (χ3n) is 4.79. The Bertz CT molecular complexity index is 1130. The second-order valence-corrected chi connectivity index (χ2v) is 9.02. The maximum Gasteiger partial charge on any atom is 0.169 e. The zero-order chi connectivity index (χ0) is 20.4. The zero-order valence-electron chi connectivity index (χ0n) is 16.2. The van der Waals surface area contributed by atoms with Gasteiger partial charge in [0.2, 0.25) is 0 Å². The Hall–Kier alpha value is -2.21. The fourth-order valence-electron chi connectivity index (χ4n) is 3.37. The van der Waals surface area contributed by atoms with Crippen molar-refractivity contribution in [2.45, 2.75) is 33.2 Å².